The number of amides is 4. The summed E-state index contributed by atoms with van der Waals surface area (Å²) in [6.07, 6.45) is 15.1. The van der Waals surface area contributed by atoms with Crippen molar-refractivity contribution in [3.63, 3.8) is 0 Å². The number of nitrogens with one attached hydrogen (secondary N) is 2. The maximum Gasteiger partial charge on any atom is 0.264 e. The average Bonchev–Trinajstić information content (AvgIpc) is 3.10. The second-order valence-electron chi connectivity index (χ2n) is 9.63. The van der Waals surface area contributed by atoms with Crippen molar-refractivity contribution in [3.05, 3.63) is 29.3 Å². The molecule has 0 aromatic heterocycles. The molecule has 0 aliphatic carbocycles. The lowest BCUT2D eigenvalue weighted by Crippen LogP contribution is -2.54. The van der Waals surface area contributed by atoms with Crippen LogP contribution in [0.3, 0.4) is 0 Å². The number of rotatable bonds is 16. The van der Waals surface area contributed by atoms with Gasteiger partial charge in [-0.1, -0.05) is 70.3 Å². The van der Waals surface area contributed by atoms with Gasteiger partial charge in [0.2, 0.25) is 11.8 Å². The van der Waals surface area contributed by atoms with E-state index in [9.17, 15) is 19.2 Å². The number of fused-ring (bicyclic) bond motifs is 1. The van der Waals surface area contributed by atoms with Gasteiger partial charge in [-0.3, -0.25) is 29.4 Å². The molecule has 0 radical (unpaired) electrons. The van der Waals surface area contributed by atoms with Gasteiger partial charge in [-0.2, -0.15) is 0 Å². The molecule has 1 atom stereocenters. The molecule has 4 amide bonds. The van der Waals surface area contributed by atoms with E-state index >= 15 is 0 Å². The number of nitrogens with zero attached hydrogens (tertiary/aromatic N) is 1. The number of piperidine rings is 1. The first kappa shape index (κ1) is 29.8. The van der Waals surface area contributed by atoms with Crippen molar-refractivity contribution in [2.75, 3.05) is 18.4 Å². The molecule has 2 heterocycles. The van der Waals surface area contributed by atoms with E-state index in [1.54, 1.807) is 18.2 Å². The van der Waals surface area contributed by atoms with Crippen LogP contribution in [0, 0.1) is 0 Å². The fraction of sp³-hybridized carbons (Fsp3) is 0.630. The van der Waals surface area contributed by atoms with E-state index in [4.69, 9.17) is 5.73 Å². The lowest BCUT2D eigenvalue weighted by Gasteiger charge is -2.27. The second-order valence-corrected chi connectivity index (χ2v) is 9.63. The highest BCUT2D eigenvalue weighted by Crippen LogP contribution is 2.32. The molecule has 9 heteroatoms. The fourth-order valence-electron chi connectivity index (χ4n) is 4.92. The van der Waals surface area contributed by atoms with Gasteiger partial charge in [-0.05, 0) is 37.9 Å². The van der Waals surface area contributed by atoms with Gasteiger partial charge in [0.1, 0.15) is 6.04 Å². The molecule has 2 aliphatic heterocycles. The van der Waals surface area contributed by atoms with Crippen molar-refractivity contribution in [2.24, 2.45) is 5.73 Å². The highest BCUT2D eigenvalue weighted by Gasteiger charge is 2.45. The molecule has 200 valence electrons. The van der Waals surface area contributed by atoms with Crippen LogP contribution in [-0.4, -0.2) is 47.7 Å². The summed E-state index contributed by atoms with van der Waals surface area (Å²) in [4.78, 5) is 50.7. The Labute approximate surface area is 220 Å². The quantitative estimate of drug-likeness (QED) is 0.217. The lowest BCUT2D eigenvalue weighted by atomic mass is 10.0. The van der Waals surface area contributed by atoms with E-state index < -0.39 is 23.8 Å². The van der Waals surface area contributed by atoms with Crippen LogP contribution in [0.5, 0.6) is 0 Å². The second kappa shape index (κ2) is 15.6. The van der Waals surface area contributed by atoms with Gasteiger partial charge in [0.15, 0.2) is 0 Å². The summed E-state index contributed by atoms with van der Waals surface area (Å²) in [5, 5.41) is 5.54. The number of hydrogen-bond donors (Lipinski definition) is 3. The minimum atomic E-state index is -0.941. The largest absolute Gasteiger partial charge is 0.384 e. The number of benzene rings is 1. The normalized spacial score (nSPS) is 17.1. The third-order valence-corrected chi connectivity index (χ3v) is 6.91. The number of hydrogen-bond acceptors (Lipinski definition) is 6. The average molecular weight is 521 g/mol. The van der Waals surface area contributed by atoms with E-state index in [2.05, 4.69) is 10.6 Å². The Balaban J connectivity index is 0.00000456. The number of nitrogens with two attached hydrogens (primary N) is 1. The lowest BCUT2D eigenvalue weighted by molar-refractivity contribution is -0.136. The Kier molecular flexibility index (Phi) is 12.9. The Bertz CT molecular complexity index is 908. The zero-order valence-electron chi connectivity index (χ0n) is 21.2. The molecular weight excluding hydrogens is 480 g/mol. The summed E-state index contributed by atoms with van der Waals surface area (Å²) in [6.45, 7) is 1.53. The Morgan fingerprint density at radius 1 is 0.833 bits per heavy atom. The van der Waals surface area contributed by atoms with Gasteiger partial charge in [-0.15, -0.1) is 12.4 Å². The molecule has 0 saturated carbocycles. The van der Waals surface area contributed by atoms with Crippen molar-refractivity contribution in [3.8, 4) is 0 Å². The maximum absolute atomic E-state index is 13.1. The van der Waals surface area contributed by atoms with Crippen LogP contribution in [0.15, 0.2) is 18.2 Å². The zero-order valence-corrected chi connectivity index (χ0v) is 22.0. The standard InChI is InChI=1S/C27H40N4O4.ClH/c28-18-11-9-7-5-3-1-2-4-6-8-10-12-19-29-21-15-13-14-20-24(21)27(35)31(26(20)34)22-16-17-23(32)30-25(22)33;/h13-15,22,29H,1-12,16-19,28H2,(H,30,32,33);1H. The van der Waals surface area contributed by atoms with E-state index in [1.807, 2.05) is 0 Å². The highest BCUT2D eigenvalue weighted by atomic mass is 35.5. The number of anilines is 1. The summed E-state index contributed by atoms with van der Waals surface area (Å²) in [5.74, 6) is -1.91. The smallest absolute Gasteiger partial charge is 0.264 e. The zero-order chi connectivity index (χ0) is 25.0. The van der Waals surface area contributed by atoms with Gasteiger partial charge < -0.3 is 11.1 Å². The van der Waals surface area contributed by atoms with Gasteiger partial charge in [0.05, 0.1) is 11.1 Å². The molecule has 1 aromatic rings. The van der Waals surface area contributed by atoms with Crippen LogP contribution in [0.1, 0.15) is 111 Å². The molecule has 36 heavy (non-hydrogen) atoms. The predicted octanol–water partition coefficient (Wildman–Crippen LogP) is 4.56. The van der Waals surface area contributed by atoms with Crippen molar-refractivity contribution in [2.45, 2.75) is 95.9 Å². The SMILES string of the molecule is Cl.NCCCCCCCCCCCCCCNc1cccc2c1C(=O)N(C1CCC(=O)NC1=O)C2=O. The fourth-order valence-corrected chi connectivity index (χ4v) is 4.92. The molecule has 3 rings (SSSR count). The van der Waals surface area contributed by atoms with E-state index in [0.717, 1.165) is 37.3 Å². The molecule has 1 unspecified atom stereocenters. The van der Waals surface area contributed by atoms with E-state index in [-0.39, 0.29) is 31.2 Å². The number of unbranched alkanes of at least 4 members (excludes halogenated alkanes) is 11. The van der Waals surface area contributed by atoms with Gasteiger partial charge >= 0.3 is 0 Å². The molecule has 4 N–H and O–H groups in total. The monoisotopic (exact) mass is 520 g/mol. The summed E-state index contributed by atoms with van der Waals surface area (Å²) >= 11 is 0. The topological polar surface area (TPSA) is 122 Å². The van der Waals surface area contributed by atoms with Gasteiger partial charge in [0.25, 0.3) is 11.8 Å². The molecule has 0 spiro atoms. The van der Waals surface area contributed by atoms with Gasteiger partial charge in [0, 0.05) is 18.7 Å². The summed E-state index contributed by atoms with van der Waals surface area (Å²) in [5.41, 5.74) is 6.78. The third kappa shape index (κ3) is 8.03. The Hall–Kier alpha value is -2.45. The van der Waals surface area contributed by atoms with Crippen molar-refractivity contribution in [1.82, 2.24) is 10.2 Å². The Morgan fingerprint density at radius 2 is 1.42 bits per heavy atom. The number of carbonyl (C=O) groups excluding carboxylic acids is 4. The highest BCUT2D eigenvalue weighted by molar-refractivity contribution is 6.25. The van der Waals surface area contributed by atoms with Crippen LogP contribution < -0.4 is 16.4 Å². The van der Waals surface area contributed by atoms with Crippen LogP contribution in [0.4, 0.5) is 5.69 Å². The minimum Gasteiger partial charge on any atom is -0.384 e. The number of carbonyl (C=O) groups is 4. The van der Waals surface area contributed by atoms with Crippen LogP contribution in [0.2, 0.25) is 0 Å². The van der Waals surface area contributed by atoms with Crippen LogP contribution in [0.25, 0.3) is 0 Å². The van der Waals surface area contributed by atoms with Crippen LogP contribution in [-0.2, 0) is 9.59 Å². The molecule has 2 aliphatic rings. The molecule has 1 fully saturated rings. The first-order valence-electron chi connectivity index (χ1n) is 13.3. The number of imide groups is 2. The molecule has 0 bridgehead atoms. The van der Waals surface area contributed by atoms with E-state index in [0.29, 0.717) is 16.8 Å². The summed E-state index contributed by atoms with van der Waals surface area (Å²) in [6, 6.07) is 4.23. The first-order chi connectivity index (χ1) is 17.0. The molecule has 1 saturated heterocycles. The van der Waals surface area contributed by atoms with Crippen molar-refractivity contribution in [1.29, 1.82) is 0 Å². The molecule has 1 aromatic carbocycles. The van der Waals surface area contributed by atoms with Crippen molar-refractivity contribution >= 4 is 41.7 Å². The summed E-state index contributed by atoms with van der Waals surface area (Å²) in [7, 11) is 0. The maximum atomic E-state index is 13.1. The molecule has 8 nitrogen and oxygen atoms in total. The summed E-state index contributed by atoms with van der Waals surface area (Å²) < 4.78 is 0. The van der Waals surface area contributed by atoms with E-state index in [1.165, 1.54) is 57.8 Å². The molecular formula is C27H41ClN4O4. The first-order valence-corrected chi connectivity index (χ1v) is 13.3. The van der Waals surface area contributed by atoms with Gasteiger partial charge in [-0.25, -0.2) is 0 Å². The van der Waals surface area contributed by atoms with Crippen molar-refractivity contribution < 1.29 is 19.2 Å². The Morgan fingerprint density at radius 3 is 2.00 bits per heavy atom. The number of halogens is 1. The predicted molar refractivity (Wildman–Crippen MR) is 143 cm³/mol. The minimum absolute atomic E-state index is 0. The van der Waals surface area contributed by atoms with Crippen LogP contribution >= 0.6 is 12.4 Å². The third-order valence-electron chi connectivity index (χ3n) is 6.91.